The predicted molar refractivity (Wildman–Crippen MR) is 72.1 cm³/mol. The Hall–Kier alpha value is -1.57. The topological polar surface area (TPSA) is 17.8 Å². The minimum atomic E-state index is 1.07. The summed E-state index contributed by atoms with van der Waals surface area (Å²) < 4.78 is 1.95. The zero-order chi connectivity index (χ0) is 12.4. The molecule has 0 aliphatic rings. The number of aromatic nitrogens is 2. The molecule has 90 valence electrons. The number of rotatable bonds is 3. The third kappa shape index (κ3) is 2.41. The van der Waals surface area contributed by atoms with E-state index in [9.17, 15) is 0 Å². The van der Waals surface area contributed by atoms with Gasteiger partial charge in [-0.1, -0.05) is 25.5 Å². The van der Waals surface area contributed by atoms with Gasteiger partial charge in [-0.3, -0.25) is 4.68 Å². The van der Waals surface area contributed by atoms with Crippen molar-refractivity contribution in [1.82, 2.24) is 9.78 Å². The van der Waals surface area contributed by atoms with Crippen molar-refractivity contribution in [1.29, 1.82) is 0 Å². The average molecular weight is 228 g/mol. The summed E-state index contributed by atoms with van der Waals surface area (Å²) in [5, 5.41) is 4.39. The minimum absolute atomic E-state index is 1.07. The van der Waals surface area contributed by atoms with Crippen LogP contribution in [0.15, 0.2) is 24.3 Å². The second kappa shape index (κ2) is 4.74. The molecule has 0 aliphatic carbocycles. The second-order valence-electron chi connectivity index (χ2n) is 4.69. The van der Waals surface area contributed by atoms with Crippen LogP contribution in [-0.4, -0.2) is 9.78 Å². The smallest absolute Gasteiger partial charge is 0.0681 e. The van der Waals surface area contributed by atoms with Crippen LogP contribution in [0.3, 0.4) is 0 Å². The summed E-state index contributed by atoms with van der Waals surface area (Å²) in [5.74, 6) is 0. The lowest BCUT2D eigenvalue weighted by Gasteiger charge is -2.08. The normalized spacial score (nSPS) is 10.8. The molecule has 0 amide bonds. The Morgan fingerprint density at radius 3 is 2.47 bits per heavy atom. The summed E-state index contributed by atoms with van der Waals surface area (Å²) in [4.78, 5) is 0. The van der Waals surface area contributed by atoms with Gasteiger partial charge in [-0.15, -0.1) is 0 Å². The van der Waals surface area contributed by atoms with Gasteiger partial charge < -0.3 is 0 Å². The van der Waals surface area contributed by atoms with Crippen molar-refractivity contribution in [3.05, 3.63) is 41.1 Å². The van der Waals surface area contributed by atoms with Crippen LogP contribution in [0.5, 0.6) is 0 Å². The standard InChI is InChI=1S/C15H20N2/c1-5-6-13-7-8-14(9-11(13)2)15-10-12(3)16-17(15)4/h7-10H,5-6H2,1-4H3. The molecule has 1 aromatic carbocycles. The lowest BCUT2D eigenvalue weighted by atomic mass is 10.00. The van der Waals surface area contributed by atoms with Crippen LogP contribution in [0, 0.1) is 13.8 Å². The van der Waals surface area contributed by atoms with E-state index in [-0.39, 0.29) is 0 Å². The zero-order valence-corrected chi connectivity index (χ0v) is 11.1. The molecule has 0 saturated carbocycles. The van der Waals surface area contributed by atoms with Crippen molar-refractivity contribution in [2.75, 3.05) is 0 Å². The predicted octanol–water partition coefficient (Wildman–Crippen LogP) is 3.66. The highest BCUT2D eigenvalue weighted by molar-refractivity contribution is 5.61. The Morgan fingerprint density at radius 2 is 1.94 bits per heavy atom. The third-order valence-electron chi connectivity index (χ3n) is 3.16. The molecule has 2 aromatic rings. The summed E-state index contributed by atoms with van der Waals surface area (Å²) in [6.07, 6.45) is 2.36. The fourth-order valence-electron chi connectivity index (χ4n) is 2.29. The molecule has 0 radical (unpaired) electrons. The first-order valence-electron chi connectivity index (χ1n) is 6.22. The molecule has 2 rings (SSSR count). The van der Waals surface area contributed by atoms with Crippen molar-refractivity contribution in [2.45, 2.75) is 33.6 Å². The van der Waals surface area contributed by atoms with Gasteiger partial charge in [0.05, 0.1) is 11.4 Å². The minimum Gasteiger partial charge on any atom is -0.268 e. The highest BCUT2D eigenvalue weighted by atomic mass is 15.3. The van der Waals surface area contributed by atoms with Gasteiger partial charge in [0.2, 0.25) is 0 Å². The van der Waals surface area contributed by atoms with E-state index in [0.29, 0.717) is 0 Å². The Morgan fingerprint density at radius 1 is 1.18 bits per heavy atom. The number of aryl methyl sites for hydroxylation is 4. The van der Waals surface area contributed by atoms with Gasteiger partial charge in [-0.05, 0) is 43.5 Å². The van der Waals surface area contributed by atoms with Gasteiger partial charge in [0.1, 0.15) is 0 Å². The molecular formula is C15H20N2. The Labute approximate surface area is 103 Å². The Bertz CT molecular complexity index is 524. The molecule has 0 bridgehead atoms. The van der Waals surface area contributed by atoms with E-state index in [1.807, 2.05) is 18.7 Å². The first kappa shape index (κ1) is 11.9. The van der Waals surface area contributed by atoms with Crippen molar-refractivity contribution in [3.63, 3.8) is 0 Å². The molecule has 0 N–H and O–H groups in total. The van der Waals surface area contributed by atoms with Crippen LogP contribution in [-0.2, 0) is 13.5 Å². The van der Waals surface area contributed by atoms with Gasteiger partial charge in [-0.25, -0.2) is 0 Å². The van der Waals surface area contributed by atoms with E-state index in [1.54, 1.807) is 0 Å². The third-order valence-corrected chi connectivity index (χ3v) is 3.16. The highest BCUT2D eigenvalue weighted by Crippen LogP contribution is 2.23. The van der Waals surface area contributed by atoms with Crippen LogP contribution < -0.4 is 0 Å². The molecule has 1 aromatic heterocycles. The zero-order valence-electron chi connectivity index (χ0n) is 11.1. The van der Waals surface area contributed by atoms with Crippen molar-refractivity contribution >= 4 is 0 Å². The summed E-state index contributed by atoms with van der Waals surface area (Å²) in [6.45, 7) is 6.44. The van der Waals surface area contributed by atoms with Gasteiger partial charge in [0.25, 0.3) is 0 Å². The highest BCUT2D eigenvalue weighted by Gasteiger charge is 2.06. The van der Waals surface area contributed by atoms with Crippen LogP contribution in [0.4, 0.5) is 0 Å². The molecule has 0 atom stereocenters. The number of hydrogen-bond donors (Lipinski definition) is 0. The van der Waals surface area contributed by atoms with E-state index in [1.165, 1.54) is 28.8 Å². The average Bonchev–Trinajstić information content (AvgIpc) is 2.61. The van der Waals surface area contributed by atoms with Crippen LogP contribution in [0.2, 0.25) is 0 Å². The molecule has 0 aliphatic heterocycles. The van der Waals surface area contributed by atoms with Gasteiger partial charge in [0.15, 0.2) is 0 Å². The molecule has 0 saturated heterocycles. The van der Waals surface area contributed by atoms with Gasteiger partial charge in [-0.2, -0.15) is 5.10 Å². The summed E-state index contributed by atoms with van der Waals surface area (Å²) in [6, 6.07) is 8.85. The lowest BCUT2D eigenvalue weighted by Crippen LogP contribution is -1.95. The van der Waals surface area contributed by atoms with E-state index in [4.69, 9.17) is 0 Å². The second-order valence-corrected chi connectivity index (χ2v) is 4.69. The summed E-state index contributed by atoms with van der Waals surface area (Å²) in [5.41, 5.74) is 6.34. The maximum Gasteiger partial charge on any atom is 0.0681 e. The fourth-order valence-corrected chi connectivity index (χ4v) is 2.29. The number of hydrogen-bond acceptors (Lipinski definition) is 1. The molecule has 0 fully saturated rings. The first-order chi connectivity index (χ1) is 8.11. The van der Waals surface area contributed by atoms with Crippen molar-refractivity contribution in [3.8, 4) is 11.3 Å². The van der Waals surface area contributed by atoms with Crippen molar-refractivity contribution < 1.29 is 0 Å². The van der Waals surface area contributed by atoms with Crippen LogP contribution in [0.1, 0.15) is 30.2 Å². The van der Waals surface area contributed by atoms with Crippen LogP contribution >= 0.6 is 0 Å². The molecule has 0 unspecified atom stereocenters. The molecule has 2 nitrogen and oxygen atoms in total. The van der Waals surface area contributed by atoms with Gasteiger partial charge >= 0.3 is 0 Å². The molecule has 17 heavy (non-hydrogen) atoms. The first-order valence-corrected chi connectivity index (χ1v) is 6.22. The largest absolute Gasteiger partial charge is 0.268 e. The van der Waals surface area contributed by atoms with Crippen molar-refractivity contribution in [2.24, 2.45) is 7.05 Å². The monoisotopic (exact) mass is 228 g/mol. The maximum absolute atomic E-state index is 4.39. The lowest BCUT2D eigenvalue weighted by molar-refractivity contribution is 0.764. The maximum atomic E-state index is 4.39. The fraction of sp³-hybridized carbons (Fsp3) is 0.400. The van der Waals surface area contributed by atoms with E-state index < -0.39 is 0 Å². The quantitative estimate of drug-likeness (QED) is 0.784. The number of benzene rings is 1. The Balaban J connectivity index is 2.41. The van der Waals surface area contributed by atoms with E-state index >= 15 is 0 Å². The Kier molecular flexibility index (Phi) is 3.32. The summed E-state index contributed by atoms with van der Waals surface area (Å²) >= 11 is 0. The summed E-state index contributed by atoms with van der Waals surface area (Å²) in [7, 11) is 2.00. The van der Waals surface area contributed by atoms with Crippen LogP contribution in [0.25, 0.3) is 11.3 Å². The number of nitrogens with zero attached hydrogens (tertiary/aromatic N) is 2. The SMILES string of the molecule is CCCc1ccc(-c2cc(C)nn2C)cc1C. The van der Waals surface area contributed by atoms with E-state index in [2.05, 4.69) is 43.2 Å². The molecule has 1 heterocycles. The van der Waals surface area contributed by atoms with Gasteiger partial charge in [0, 0.05) is 12.6 Å². The molecule has 2 heteroatoms. The molecule has 0 spiro atoms. The molecular weight excluding hydrogens is 208 g/mol. The van der Waals surface area contributed by atoms with E-state index in [0.717, 1.165) is 12.1 Å².